The van der Waals surface area contributed by atoms with E-state index in [2.05, 4.69) is 5.32 Å². The highest BCUT2D eigenvalue weighted by Crippen LogP contribution is 2.06. The molecule has 1 heterocycles. The van der Waals surface area contributed by atoms with Crippen LogP contribution in [0.1, 0.15) is 22.6 Å². The Kier molecular flexibility index (Phi) is 4.91. The van der Waals surface area contributed by atoms with Crippen LogP contribution in [0.4, 0.5) is 0 Å². The highest BCUT2D eigenvalue weighted by atomic mass is 16.5. The van der Waals surface area contributed by atoms with Crippen molar-refractivity contribution in [3.8, 4) is 0 Å². The molecule has 18 heavy (non-hydrogen) atoms. The van der Waals surface area contributed by atoms with Gasteiger partial charge in [0.25, 0.3) is 5.91 Å². The number of carbonyl (C=O) groups is 2. The first-order chi connectivity index (χ1) is 8.47. The fourth-order valence-corrected chi connectivity index (χ4v) is 1.57. The average molecular weight is 254 g/mol. The molecule has 0 fully saturated rings. The number of hydrogen-bond acceptors (Lipinski definition) is 3. The van der Waals surface area contributed by atoms with Crippen molar-refractivity contribution in [2.75, 3.05) is 13.7 Å². The number of aromatic nitrogens is 1. The molecule has 0 spiro atoms. The summed E-state index contributed by atoms with van der Waals surface area (Å²) < 4.78 is 6.53. The molecule has 0 saturated heterocycles. The van der Waals surface area contributed by atoms with Crippen molar-refractivity contribution >= 4 is 11.9 Å². The zero-order valence-electron chi connectivity index (χ0n) is 10.8. The first kappa shape index (κ1) is 14.2. The molecule has 1 atom stereocenters. The summed E-state index contributed by atoms with van der Waals surface area (Å²) in [6.07, 6.45) is 0.237. The molecular formula is C12H18N2O4. The number of nitrogens with zero attached hydrogens (tertiary/aromatic N) is 1. The fourth-order valence-electron chi connectivity index (χ4n) is 1.57. The van der Waals surface area contributed by atoms with Crippen molar-refractivity contribution in [1.82, 2.24) is 9.88 Å². The molecule has 2 N–H and O–H groups in total. The molecule has 0 aromatic carbocycles. The largest absolute Gasteiger partial charge is 0.480 e. The van der Waals surface area contributed by atoms with E-state index in [-0.39, 0.29) is 13.0 Å². The molecule has 0 saturated carbocycles. The molecule has 0 aliphatic rings. The van der Waals surface area contributed by atoms with Crippen LogP contribution < -0.4 is 5.32 Å². The van der Waals surface area contributed by atoms with Crippen LogP contribution in [0.2, 0.25) is 0 Å². The minimum atomic E-state index is -1.06. The van der Waals surface area contributed by atoms with E-state index in [4.69, 9.17) is 9.84 Å². The molecule has 1 unspecified atom stereocenters. The molecular weight excluding hydrogens is 236 g/mol. The first-order valence-electron chi connectivity index (χ1n) is 5.62. The summed E-state index contributed by atoms with van der Waals surface area (Å²) in [5.74, 6) is -1.46. The van der Waals surface area contributed by atoms with Gasteiger partial charge in [-0.1, -0.05) is 0 Å². The van der Waals surface area contributed by atoms with E-state index >= 15 is 0 Å². The van der Waals surface area contributed by atoms with Gasteiger partial charge in [0.15, 0.2) is 0 Å². The minimum absolute atomic E-state index is 0.237. The van der Waals surface area contributed by atoms with Crippen LogP contribution in [-0.4, -0.2) is 41.3 Å². The number of ether oxygens (including phenoxy) is 1. The lowest BCUT2D eigenvalue weighted by Crippen LogP contribution is -2.42. The molecule has 1 aromatic heterocycles. The summed E-state index contributed by atoms with van der Waals surface area (Å²) in [6.45, 7) is 2.15. The van der Waals surface area contributed by atoms with Gasteiger partial charge in [0.1, 0.15) is 11.7 Å². The predicted octanol–water partition coefficient (Wildman–Crippen LogP) is 0.553. The topological polar surface area (TPSA) is 80.6 Å². The summed E-state index contributed by atoms with van der Waals surface area (Å²) in [5.41, 5.74) is 1.38. The summed E-state index contributed by atoms with van der Waals surface area (Å²) >= 11 is 0. The van der Waals surface area contributed by atoms with Crippen molar-refractivity contribution in [3.63, 3.8) is 0 Å². The van der Waals surface area contributed by atoms with Gasteiger partial charge < -0.3 is 19.7 Å². The van der Waals surface area contributed by atoms with E-state index in [9.17, 15) is 9.59 Å². The van der Waals surface area contributed by atoms with Gasteiger partial charge in [0, 0.05) is 32.9 Å². The number of nitrogens with one attached hydrogen (secondary N) is 1. The smallest absolute Gasteiger partial charge is 0.326 e. The zero-order chi connectivity index (χ0) is 13.7. The van der Waals surface area contributed by atoms with E-state index in [0.29, 0.717) is 5.69 Å². The summed E-state index contributed by atoms with van der Waals surface area (Å²) in [7, 11) is 3.25. The second-order valence-electron chi connectivity index (χ2n) is 4.06. The average Bonchev–Trinajstić information content (AvgIpc) is 2.65. The van der Waals surface area contributed by atoms with Gasteiger partial charge in [0.05, 0.1) is 0 Å². The Morgan fingerprint density at radius 2 is 2.17 bits per heavy atom. The van der Waals surface area contributed by atoms with Crippen LogP contribution in [0.25, 0.3) is 0 Å². The molecule has 6 nitrogen and oxygen atoms in total. The van der Waals surface area contributed by atoms with Crippen LogP contribution in [-0.2, 0) is 16.6 Å². The Bertz CT molecular complexity index is 439. The highest BCUT2D eigenvalue weighted by Gasteiger charge is 2.21. The van der Waals surface area contributed by atoms with Gasteiger partial charge >= 0.3 is 5.97 Å². The summed E-state index contributed by atoms with van der Waals surface area (Å²) in [4.78, 5) is 22.9. The van der Waals surface area contributed by atoms with Gasteiger partial charge in [-0.2, -0.15) is 0 Å². The van der Waals surface area contributed by atoms with Crippen LogP contribution >= 0.6 is 0 Å². The van der Waals surface area contributed by atoms with E-state index in [0.717, 1.165) is 5.69 Å². The number of methoxy groups -OCH3 is 1. The second kappa shape index (κ2) is 6.20. The van der Waals surface area contributed by atoms with Crippen LogP contribution in [0.3, 0.4) is 0 Å². The maximum Gasteiger partial charge on any atom is 0.326 e. The van der Waals surface area contributed by atoms with Crippen molar-refractivity contribution in [2.45, 2.75) is 19.4 Å². The Balaban J connectivity index is 2.72. The first-order valence-corrected chi connectivity index (χ1v) is 5.62. The quantitative estimate of drug-likeness (QED) is 0.777. The summed E-state index contributed by atoms with van der Waals surface area (Å²) in [5, 5.41) is 11.5. The standard InChI is InChI=1S/C12H18N2O4/c1-8-4-5-10(14(8)2)11(15)13-9(12(16)17)6-7-18-3/h4-5,9H,6-7H2,1-3H3,(H,13,15)(H,16,17). The molecule has 1 rings (SSSR count). The molecule has 1 amide bonds. The molecule has 0 radical (unpaired) electrons. The van der Waals surface area contributed by atoms with Crippen LogP contribution in [0, 0.1) is 6.92 Å². The van der Waals surface area contributed by atoms with E-state index in [1.54, 1.807) is 23.7 Å². The Labute approximate surface area is 106 Å². The summed E-state index contributed by atoms with van der Waals surface area (Å²) in [6, 6.07) is 2.53. The molecule has 6 heteroatoms. The number of aryl methyl sites for hydroxylation is 1. The predicted molar refractivity (Wildman–Crippen MR) is 65.5 cm³/mol. The maximum atomic E-state index is 11.9. The molecule has 1 aromatic rings. The van der Waals surface area contributed by atoms with Gasteiger partial charge in [-0.05, 0) is 19.1 Å². The Morgan fingerprint density at radius 1 is 1.50 bits per heavy atom. The maximum absolute atomic E-state index is 11.9. The second-order valence-corrected chi connectivity index (χ2v) is 4.06. The fraction of sp³-hybridized carbons (Fsp3) is 0.500. The van der Waals surface area contributed by atoms with Crippen LogP contribution in [0.5, 0.6) is 0 Å². The molecule has 100 valence electrons. The lowest BCUT2D eigenvalue weighted by molar-refractivity contribution is -0.139. The van der Waals surface area contributed by atoms with Gasteiger partial charge in [-0.3, -0.25) is 4.79 Å². The van der Waals surface area contributed by atoms with Gasteiger partial charge in [-0.15, -0.1) is 0 Å². The third-order valence-corrected chi connectivity index (χ3v) is 2.82. The van der Waals surface area contributed by atoms with E-state index in [1.807, 2.05) is 6.92 Å². The lowest BCUT2D eigenvalue weighted by Gasteiger charge is -2.14. The number of carboxylic acids is 1. The van der Waals surface area contributed by atoms with Gasteiger partial charge in [-0.25, -0.2) is 4.79 Å². The number of carbonyl (C=O) groups excluding carboxylic acids is 1. The zero-order valence-corrected chi connectivity index (χ0v) is 10.8. The van der Waals surface area contributed by atoms with Crippen molar-refractivity contribution < 1.29 is 19.4 Å². The number of rotatable bonds is 6. The SMILES string of the molecule is COCCC(NC(=O)c1ccc(C)n1C)C(=O)O. The molecule has 0 aliphatic heterocycles. The minimum Gasteiger partial charge on any atom is -0.480 e. The number of hydrogen-bond donors (Lipinski definition) is 2. The highest BCUT2D eigenvalue weighted by molar-refractivity contribution is 5.95. The van der Waals surface area contributed by atoms with E-state index < -0.39 is 17.9 Å². The van der Waals surface area contributed by atoms with Gasteiger partial charge in [0.2, 0.25) is 0 Å². The van der Waals surface area contributed by atoms with Crippen molar-refractivity contribution in [3.05, 3.63) is 23.5 Å². The lowest BCUT2D eigenvalue weighted by atomic mass is 10.2. The van der Waals surface area contributed by atoms with Crippen molar-refractivity contribution in [1.29, 1.82) is 0 Å². The molecule has 0 bridgehead atoms. The Morgan fingerprint density at radius 3 is 2.61 bits per heavy atom. The number of amides is 1. The van der Waals surface area contributed by atoms with Crippen molar-refractivity contribution in [2.24, 2.45) is 7.05 Å². The molecule has 0 aliphatic carbocycles. The third kappa shape index (κ3) is 3.33. The number of aliphatic carboxylic acids is 1. The van der Waals surface area contributed by atoms with E-state index in [1.165, 1.54) is 7.11 Å². The third-order valence-electron chi connectivity index (χ3n) is 2.82. The monoisotopic (exact) mass is 254 g/mol. The normalized spacial score (nSPS) is 12.2. The van der Waals surface area contributed by atoms with Crippen LogP contribution in [0.15, 0.2) is 12.1 Å². The number of carboxylic acid groups (broad SMARTS) is 1. The Hall–Kier alpha value is -1.82.